The van der Waals surface area contributed by atoms with Crippen molar-refractivity contribution >= 4 is 39.9 Å². The van der Waals surface area contributed by atoms with Crippen molar-refractivity contribution in [1.82, 2.24) is 9.78 Å². The van der Waals surface area contributed by atoms with Crippen molar-refractivity contribution in [2.75, 3.05) is 0 Å². The molecule has 0 spiro atoms. The lowest BCUT2D eigenvalue weighted by molar-refractivity contribution is -0.304. The summed E-state index contributed by atoms with van der Waals surface area (Å²) in [5.74, 6) is -1.26. The monoisotopic (exact) mass is 375 g/mol. The third-order valence-corrected chi connectivity index (χ3v) is 4.56. The highest BCUT2D eigenvalue weighted by atomic mass is 35.5. The normalized spacial score (nSPS) is 11.0. The minimum Gasteiger partial charge on any atom is -0.550 e. The second kappa shape index (κ2) is 6.86. The lowest BCUT2D eigenvalue weighted by atomic mass is 10.1. The number of nitrogens with zero attached hydrogens (tertiary/aromatic N) is 2. The number of aliphatic carboxylic acids is 1. The molecule has 0 aliphatic heterocycles. The molecule has 128 valence electrons. The van der Waals surface area contributed by atoms with E-state index in [1.807, 2.05) is 13.0 Å². The molecule has 1 aromatic heterocycles. The third-order valence-electron chi connectivity index (χ3n) is 3.82. The number of hydrogen-bond acceptors (Lipinski definition) is 4. The molecule has 0 radical (unpaired) electrons. The average molecular weight is 376 g/mol. The van der Waals surface area contributed by atoms with Crippen molar-refractivity contribution in [3.05, 3.63) is 73.6 Å². The van der Waals surface area contributed by atoms with Crippen molar-refractivity contribution in [3.8, 4) is 0 Å². The Kier molecular flexibility index (Phi) is 4.79. The van der Waals surface area contributed by atoms with E-state index in [2.05, 4.69) is 5.10 Å². The molecule has 1 heterocycles. The first kappa shape index (κ1) is 17.5. The molecule has 5 nitrogen and oxygen atoms in total. The maximum atomic E-state index is 12.8. The van der Waals surface area contributed by atoms with Gasteiger partial charge in [0.25, 0.3) is 5.56 Å². The molecule has 2 aromatic carbocycles. The Morgan fingerprint density at radius 3 is 2.56 bits per heavy atom. The summed E-state index contributed by atoms with van der Waals surface area (Å²) < 4.78 is 1.24. The Morgan fingerprint density at radius 2 is 1.88 bits per heavy atom. The molecule has 3 aromatic rings. The Balaban J connectivity index is 2.16. The van der Waals surface area contributed by atoms with Crippen LogP contribution in [0.4, 0.5) is 0 Å². The quantitative estimate of drug-likeness (QED) is 0.701. The van der Waals surface area contributed by atoms with Gasteiger partial charge in [0.05, 0.1) is 27.7 Å². The average Bonchev–Trinajstić information content (AvgIpc) is 2.55. The van der Waals surface area contributed by atoms with Crippen LogP contribution in [0.2, 0.25) is 10.0 Å². The van der Waals surface area contributed by atoms with Crippen LogP contribution in [0.15, 0.2) is 41.2 Å². The van der Waals surface area contributed by atoms with E-state index in [4.69, 9.17) is 23.2 Å². The van der Waals surface area contributed by atoms with Gasteiger partial charge in [-0.1, -0.05) is 47.0 Å². The van der Waals surface area contributed by atoms with Crippen LogP contribution in [0.25, 0.3) is 10.8 Å². The Bertz CT molecular complexity index is 1040. The number of aryl methyl sites for hydroxylation is 1. The molecule has 3 rings (SSSR count). The molecule has 25 heavy (non-hydrogen) atoms. The first-order chi connectivity index (χ1) is 11.8. The molecule has 0 amide bonds. The lowest BCUT2D eigenvalue weighted by Gasteiger charge is -2.12. The van der Waals surface area contributed by atoms with Gasteiger partial charge in [-0.05, 0) is 30.7 Å². The summed E-state index contributed by atoms with van der Waals surface area (Å²) in [7, 11) is 0. The molecule has 0 fully saturated rings. The second-order valence-corrected chi connectivity index (χ2v) is 6.57. The van der Waals surface area contributed by atoms with E-state index < -0.39 is 5.97 Å². The van der Waals surface area contributed by atoms with Crippen LogP contribution in [0.1, 0.15) is 16.8 Å². The van der Waals surface area contributed by atoms with E-state index in [-0.39, 0.29) is 24.2 Å². The van der Waals surface area contributed by atoms with Crippen LogP contribution in [-0.4, -0.2) is 15.7 Å². The maximum absolute atomic E-state index is 12.8. The van der Waals surface area contributed by atoms with Gasteiger partial charge in [0.1, 0.15) is 0 Å². The summed E-state index contributed by atoms with van der Waals surface area (Å²) in [5, 5.41) is 17.0. The van der Waals surface area contributed by atoms with Gasteiger partial charge in [0.15, 0.2) is 0 Å². The van der Waals surface area contributed by atoms with Crippen molar-refractivity contribution in [2.24, 2.45) is 0 Å². The van der Waals surface area contributed by atoms with Crippen molar-refractivity contribution in [2.45, 2.75) is 19.9 Å². The fourth-order valence-electron chi connectivity index (χ4n) is 2.66. The molecule has 0 N–H and O–H groups in total. The topological polar surface area (TPSA) is 75.0 Å². The Morgan fingerprint density at radius 1 is 1.12 bits per heavy atom. The summed E-state index contributed by atoms with van der Waals surface area (Å²) >= 11 is 11.9. The molecule has 0 unspecified atom stereocenters. The van der Waals surface area contributed by atoms with Gasteiger partial charge in [0.2, 0.25) is 0 Å². The van der Waals surface area contributed by atoms with Crippen LogP contribution in [0.5, 0.6) is 0 Å². The molecule has 0 atom stereocenters. The zero-order valence-electron chi connectivity index (χ0n) is 13.3. The Labute approximate surface area is 153 Å². The molecule has 0 saturated heterocycles. The van der Waals surface area contributed by atoms with E-state index in [0.717, 1.165) is 11.1 Å². The standard InChI is InChI=1S/C18H14Cl2N2O3/c1-10-2-4-12-13(6-10)18(25)22(21-16(12)8-17(23)24)9-11-3-5-14(19)15(20)7-11/h2-7H,8-9H2,1H3,(H,23,24)/p-1. The van der Waals surface area contributed by atoms with Gasteiger partial charge in [-0.3, -0.25) is 4.79 Å². The van der Waals surface area contributed by atoms with Gasteiger partial charge >= 0.3 is 0 Å². The first-order valence-corrected chi connectivity index (χ1v) is 8.25. The van der Waals surface area contributed by atoms with Crippen LogP contribution in [0, 0.1) is 6.92 Å². The number of benzene rings is 2. The number of halogens is 2. The zero-order chi connectivity index (χ0) is 18.1. The van der Waals surface area contributed by atoms with E-state index in [1.165, 1.54) is 4.68 Å². The smallest absolute Gasteiger partial charge is 0.274 e. The lowest BCUT2D eigenvalue weighted by Crippen LogP contribution is -2.29. The summed E-state index contributed by atoms with van der Waals surface area (Å²) in [6.07, 6.45) is -0.374. The highest BCUT2D eigenvalue weighted by Crippen LogP contribution is 2.23. The predicted octanol–water partition coefficient (Wildman–Crippen LogP) is 2.35. The number of carboxylic acids is 1. The van der Waals surface area contributed by atoms with Gasteiger partial charge in [-0.25, -0.2) is 4.68 Å². The molecule has 0 aliphatic rings. The largest absolute Gasteiger partial charge is 0.550 e. The first-order valence-electron chi connectivity index (χ1n) is 7.49. The van der Waals surface area contributed by atoms with E-state index in [9.17, 15) is 14.7 Å². The van der Waals surface area contributed by atoms with Gasteiger partial charge in [0, 0.05) is 17.8 Å². The number of rotatable bonds is 4. The van der Waals surface area contributed by atoms with Gasteiger partial charge in [-0.2, -0.15) is 5.10 Å². The van der Waals surface area contributed by atoms with Crippen LogP contribution >= 0.6 is 23.2 Å². The highest BCUT2D eigenvalue weighted by Gasteiger charge is 2.12. The minimum absolute atomic E-state index is 0.152. The second-order valence-electron chi connectivity index (χ2n) is 5.76. The maximum Gasteiger partial charge on any atom is 0.274 e. The molecule has 0 bridgehead atoms. The number of fused-ring (bicyclic) bond motifs is 1. The number of carboxylic acid groups (broad SMARTS) is 1. The summed E-state index contributed by atoms with van der Waals surface area (Å²) in [6, 6.07) is 10.3. The van der Waals surface area contributed by atoms with Gasteiger partial charge in [-0.15, -0.1) is 0 Å². The minimum atomic E-state index is -1.26. The van der Waals surface area contributed by atoms with Crippen LogP contribution < -0.4 is 10.7 Å². The van der Waals surface area contributed by atoms with E-state index in [1.54, 1.807) is 30.3 Å². The predicted molar refractivity (Wildman–Crippen MR) is 95.0 cm³/mol. The Hall–Kier alpha value is -2.37. The van der Waals surface area contributed by atoms with Crippen molar-refractivity contribution in [3.63, 3.8) is 0 Å². The van der Waals surface area contributed by atoms with Crippen molar-refractivity contribution in [1.29, 1.82) is 0 Å². The fourth-order valence-corrected chi connectivity index (χ4v) is 2.98. The van der Waals surface area contributed by atoms with Gasteiger partial charge < -0.3 is 9.90 Å². The number of hydrogen-bond donors (Lipinski definition) is 0. The molecule has 0 saturated carbocycles. The molecular weight excluding hydrogens is 363 g/mol. The summed E-state index contributed by atoms with van der Waals surface area (Å²) in [5.41, 5.74) is 1.62. The van der Waals surface area contributed by atoms with E-state index >= 15 is 0 Å². The molecule has 7 heteroatoms. The van der Waals surface area contributed by atoms with Crippen LogP contribution in [-0.2, 0) is 17.8 Å². The van der Waals surface area contributed by atoms with E-state index in [0.29, 0.717) is 20.8 Å². The molecular formula is C18H13Cl2N2O3-. The SMILES string of the molecule is Cc1ccc2c(CC(=O)[O-])nn(Cc3ccc(Cl)c(Cl)c3)c(=O)c2c1. The van der Waals surface area contributed by atoms with Crippen LogP contribution in [0.3, 0.4) is 0 Å². The third kappa shape index (κ3) is 3.67. The molecule has 0 aliphatic carbocycles. The van der Waals surface area contributed by atoms with Crippen molar-refractivity contribution < 1.29 is 9.90 Å². The number of aromatic nitrogens is 2. The highest BCUT2D eigenvalue weighted by molar-refractivity contribution is 6.42. The fraction of sp³-hybridized carbons (Fsp3) is 0.167. The summed E-state index contributed by atoms with van der Waals surface area (Å²) in [4.78, 5) is 23.8. The summed E-state index contributed by atoms with van der Waals surface area (Å²) in [6.45, 7) is 2.01. The number of carbonyl (C=O) groups excluding carboxylic acids is 1. The zero-order valence-corrected chi connectivity index (χ0v) is 14.8. The number of carbonyl (C=O) groups is 1.